The second kappa shape index (κ2) is 5.61. The number of carbonyl (C=O) groups excluding carboxylic acids is 1. The highest BCUT2D eigenvalue weighted by Crippen LogP contribution is 2.53. The van der Waals surface area contributed by atoms with Crippen molar-refractivity contribution in [2.45, 2.75) is 38.1 Å². The van der Waals surface area contributed by atoms with E-state index in [1.54, 1.807) is 18.2 Å². The van der Waals surface area contributed by atoms with Crippen LogP contribution in [-0.2, 0) is 0 Å². The molecule has 5 heteroatoms. The van der Waals surface area contributed by atoms with Gasteiger partial charge in [0.15, 0.2) is 0 Å². The van der Waals surface area contributed by atoms with E-state index in [0.717, 1.165) is 11.8 Å². The summed E-state index contributed by atoms with van der Waals surface area (Å²) in [5.74, 6) is 3.17. The zero-order chi connectivity index (χ0) is 15.3. The zero-order valence-corrected chi connectivity index (χ0v) is 13.8. The Morgan fingerprint density at radius 2 is 1.45 bits per heavy atom. The van der Waals surface area contributed by atoms with Crippen LogP contribution in [0.5, 0.6) is 0 Å². The summed E-state index contributed by atoms with van der Waals surface area (Å²) in [4.78, 5) is 12.3. The van der Waals surface area contributed by atoms with Crippen molar-refractivity contribution in [1.29, 1.82) is 0 Å². The van der Waals surface area contributed by atoms with Gasteiger partial charge >= 0.3 is 6.03 Å². The summed E-state index contributed by atoms with van der Waals surface area (Å²) in [6.45, 7) is 0. The summed E-state index contributed by atoms with van der Waals surface area (Å²) in [6.07, 6.45) is 6.59. The Morgan fingerprint density at radius 3 is 2.00 bits per heavy atom. The van der Waals surface area contributed by atoms with Crippen LogP contribution in [-0.4, -0.2) is 12.1 Å². The lowest BCUT2D eigenvalue weighted by molar-refractivity contribution is -0.00883. The Morgan fingerprint density at radius 1 is 0.909 bits per heavy atom. The van der Waals surface area contributed by atoms with Crippen LogP contribution in [0.4, 0.5) is 10.5 Å². The first-order valence-corrected chi connectivity index (χ1v) is 8.86. The van der Waals surface area contributed by atoms with Crippen molar-refractivity contribution in [1.82, 2.24) is 5.32 Å². The molecule has 0 saturated heterocycles. The number of halogens is 2. The number of nitrogens with one attached hydrogen (secondary N) is 2. The Bertz CT molecular complexity index is 556. The van der Waals surface area contributed by atoms with Gasteiger partial charge in [-0.25, -0.2) is 4.79 Å². The number of hydrogen-bond acceptors (Lipinski definition) is 1. The maximum absolute atomic E-state index is 12.3. The van der Waals surface area contributed by atoms with Crippen LogP contribution in [0.3, 0.4) is 0 Å². The molecule has 0 atom stereocenters. The molecule has 22 heavy (non-hydrogen) atoms. The SMILES string of the molecule is O=C(Nc1cc(Cl)cc(Cl)c1)NC1C2CC3CC(C2)CC1C3. The quantitative estimate of drug-likeness (QED) is 0.787. The van der Waals surface area contributed by atoms with Crippen LogP contribution < -0.4 is 10.6 Å². The summed E-state index contributed by atoms with van der Waals surface area (Å²) in [5, 5.41) is 7.13. The largest absolute Gasteiger partial charge is 0.335 e. The number of urea groups is 1. The van der Waals surface area contributed by atoms with E-state index in [2.05, 4.69) is 10.6 Å². The molecule has 4 fully saturated rings. The van der Waals surface area contributed by atoms with Gasteiger partial charge in [-0.2, -0.15) is 0 Å². The van der Waals surface area contributed by atoms with Crippen LogP contribution >= 0.6 is 23.2 Å². The standard InChI is InChI=1S/C17H20Cl2N2O/c18-13-6-14(19)8-15(7-13)20-17(22)21-16-11-2-9-1-10(4-11)5-12(16)3-9/h6-12,16H,1-5H2,(H2,20,21,22). The highest BCUT2D eigenvalue weighted by atomic mass is 35.5. The van der Waals surface area contributed by atoms with Crippen molar-refractivity contribution in [2.24, 2.45) is 23.7 Å². The van der Waals surface area contributed by atoms with Crippen molar-refractivity contribution in [3.05, 3.63) is 28.2 Å². The third-order valence-electron chi connectivity index (χ3n) is 5.64. The van der Waals surface area contributed by atoms with Gasteiger partial charge in [0, 0.05) is 21.8 Å². The molecular formula is C17H20Cl2N2O. The predicted octanol–water partition coefficient (Wildman–Crippen LogP) is 4.94. The molecule has 118 valence electrons. The smallest absolute Gasteiger partial charge is 0.319 e. The minimum Gasteiger partial charge on any atom is -0.335 e. The van der Waals surface area contributed by atoms with Crippen LogP contribution in [0.2, 0.25) is 10.0 Å². The molecule has 0 heterocycles. The number of hydrogen-bond donors (Lipinski definition) is 2. The fourth-order valence-corrected chi connectivity index (χ4v) is 5.63. The highest BCUT2D eigenvalue weighted by Gasteiger charge is 2.48. The minimum atomic E-state index is -0.143. The second-order valence-electron chi connectivity index (χ2n) is 7.21. The monoisotopic (exact) mass is 338 g/mol. The average molecular weight is 339 g/mol. The Kier molecular flexibility index (Phi) is 3.74. The minimum absolute atomic E-state index is 0.143. The van der Waals surface area contributed by atoms with Crippen molar-refractivity contribution in [3.63, 3.8) is 0 Å². The second-order valence-corrected chi connectivity index (χ2v) is 8.09. The number of benzene rings is 1. The maximum Gasteiger partial charge on any atom is 0.319 e. The van der Waals surface area contributed by atoms with Gasteiger partial charge in [-0.15, -0.1) is 0 Å². The van der Waals surface area contributed by atoms with Crippen molar-refractivity contribution in [2.75, 3.05) is 5.32 Å². The molecular weight excluding hydrogens is 319 g/mol. The van der Waals surface area contributed by atoms with Crippen molar-refractivity contribution >= 4 is 34.9 Å². The van der Waals surface area contributed by atoms with Crippen LogP contribution in [0.15, 0.2) is 18.2 Å². The summed E-state index contributed by atoms with van der Waals surface area (Å²) >= 11 is 11.9. The molecule has 4 aliphatic rings. The molecule has 0 spiro atoms. The first-order chi connectivity index (χ1) is 10.6. The molecule has 0 aliphatic heterocycles. The van der Waals surface area contributed by atoms with Gasteiger partial charge in [0.1, 0.15) is 0 Å². The molecule has 4 bridgehead atoms. The fourth-order valence-electron chi connectivity index (χ4n) is 5.11. The number of carbonyl (C=O) groups is 1. The molecule has 3 nitrogen and oxygen atoms in total. The summed E-state index contributed by atoms with van der Waals surface area (Å²) in [6, 6.07) is 5.27. The molecule has 0 unspecified atom stereocenters. The lowest BCUT2D eigenvalue weighted by Crippen LogP contribution is -2.56. The first kappa shape index (κ1) is 14.6. The van der Waals surface area contributed by atoms with E-state index >= 15 is 0 Å². The predicted molar refractivity (Wildman–Crippen MR) is 89.4 cm³/mol. The summed E-state index contributed by atoms with van der Waals surface area (Å²) < 4.78 is 0. The normalized spacial score (nSPS) is 35.5. The Balaban J connectivity index is 1.42. The lowest BCUT2D eigenvalue weighted by Gasteiger charge is -2.54. The summed E-state index contributed by atoms with van der Waals surface area (Å²) in [5.41, 5.74) is 0.638. The van der Waals surface area contributed by atoms with Gasteiger partial charge in [0.05, 0.1) is 0 Å². The molecule has 1 aromatic rings. The third kappa shape index (κ3) is 2.81. The topological polar surface area (TPSA) is 41.1 Å². The van der Waals surface area contributed by atoms with E-state index in [-0.39, 0.29) is 6.03 Å². The van der Waals surface area contributed by atoms with Gasteiger partial charge in [-0.1, -0.05) is 23.2 Å². The van der Waals surface area contributed by atoms with Gasteiger partial charge in [0.2, 0.25) is 0 Å². The molecule has 4 aliphatic carbocycles. The molecule has 2 N–H and O–H groups in total. The number of amides is 2. The lowest BCUT2D eigenvalue weighted by atomic mass is 9.54. The number of rotatable bonds is 2. The van der Waals surface area contributed by atoms with E-state index in [9.17, 15) is 4.79 Å². The first-order valence-electron chi connectivity index (χ1n) is 8.10. The molecule has 2 amide bonds. The van der Waals surface area contributed by atoms with Crippen LogP contribution in [0.1, 0.15) is 32.1 Å². The van der Waals surface area contributed by atoms with Crippen molar-refractivity contribution in [3.8, 4) is 0 Å². The van der Waals surface area contributed by atoms with Gasteiger partial charge < -0.3 is 10.6 Å². The molecule has 0 radical (unpaired) electrons. The molecule has 5 rings (SSSR count). The van der Waals surface area contributed by atoms with E-state index in [1.807, 2.05) is 0 Å². The Hall–Kier alpha value is -0.930. The summed E-state index contributed by atoms with van der Waals surface area (Å²) in [7, 11) is 0. The zero-order valence-electron chi connectivity index (χ0n) is 12.3. The van der Waals surface area contributed by atoms with Crippen LogP contribution in [0, 0.1) is 23.7 Å². The van der Waals surface area contributed by atoms with E-state index in [4.69, 9.17) is 23.2 Å². The number of anilines is 1. The van der Waals surface area contributed by atoms with Crippen LogP contribution in [0.25, 0.3) is 0 Å². The van der Waals surface area contributed by atoms with Gasteiger partial charge in [-0.05, 0) is 74.0 Å². The highest BCUT2D eigenvalue weighted by molar-refractivity contribution is 6.35. The average Bonchev–Trinajstić information content (AvgIpc) is 2.40. The third-order valence-corrected chi connectivity index (χ3v) is 6.08. The maximum atomic E-state index is 12.3. The fraction of sp³-hybridized carbons (Fsp3) is 0.588. The van der Waals surface area contributed by atoms with Gasteiger partial charge in [-0.3, -0.25) is 0 Å². The van der Waals surface area contributed by atoms with E-state index in [0.29, 0.717) is 33.6 Å². The van der Waals surface area contributed by atoms with Crippen molar-refractivity contribution < 1.29 is 4.79 Å². The molecule has 0 aromatic heterocycles. The Labute approximate surface area is 140 Å². The van der Waals surface area contributed by atoms with Gasteiger partial charge in [0.25, 0.3) is 0 Å². The molecule has 1 aromatic carbocycles. The van der Waals surface area contributed by atoms with E-state index in [1.165, 1.54) is 32.1 Å². The van der Waals surface area contributed by atoms with E-state index < -0.39 is 0 Å². The molecule has 4 saturated carbocycles.